The largest absolute Gasteiger partial charge is 0.476 e. The molecule has 2 rings (SSSR count). The van der Waals surface area contributed by atoms with E-state index >= 15 is 0 Å². The molecular weight excluding hydrogens is 347 g/mol. The Kier molecular flexibility index (Phi) is 7.19. The van der Waals surface area contributed by atoms with Crippen molar-refractivity contribution in [2.24, 2.45) is 4.99 Å². The van der Waals surface area contributed by atoms with Crippen molar-refractivity contribution < 1.29 is 17.9 Å². The van der Waals surface area contributed by atoms with Crippen LogP contribution in [0.1, 0.15) is 11.3 Å². The average Bonchev–Trinajstić information content (AvgIpc) is 2.64. The Morgan fingerprint density at radius 2 is 1.92 bits per heavy atom. The third-order valence-corrected chi connectivity index (χ3v) is 3.33. The van der Waals surface area contributed by atoms with Crippen molar-refractivity contribution in [3.8, 4) is 5.88 Å². The highest BCUT2D eigenvalue weighted by Crippen LogP contribution is 2.29. The molecular formula is C17H20F3N5O. The molecule has 0 aliphatic carbocycles. The highest BCUT2D eigenvalue weighted by atomic mass is 19.4. The van der Waals surface area contributed by atoms with Crippen LogP contribution in [0.3, 0.4) is 0 Å². The van der Waals surface area contributed by atoms with E-state index in [1.807, 2.05) is 18.2 Å². The monoisotopic (exact) mass is 367 g/mol. The first-order chi connectivity index (χ1) is 12.5. The molecule has 2 aromatic rings. The van der Waals surface area contributed by atoms with E-state index in [4.69, 9.17) is 4.74 Å². The molecule has 0 aliphatic heterocycles. The number of pyridine rings is 2. The van der Waals surface area contributed by atoms with Crippen LogP contribution in [0, 0.1) is 0 Å². The number of rotatable bonds is 7. The molecule has 2 heterocycles. The van der Waals surface area contributed by atoms with Gasteiger partial charge in [0.25, 0.3) is 0 Å². The number of nitrogens with zero attached hydrogens (tertiary/aromatic N) is 3. The first-order valence-electron chi connectivity index (χ1n) is 7.99. The van der Waals surface area contributed by atoms with E-state index in [9.17, 15) is 13.2 Å². The van der Waals surface area contributed by atoms with Crippen molar-refractivity contribution in [2.75, 3.05) is 26.7 Å². The number of nitrogens with one attached hydrogen (secondary N) is 2. The van der Waals surface area contributed by atoms with Gasteiger partial charge in [0.05, 0.1) is 12.1 Å². The Bertz CT molecular complexity index is 690. The second-order valence-corrected chi connectivity index (χ2v) is 5.23. The quantitative estimate of drug-likeness (QED) is 0.446. The molecule has 6 nitrogen and oxygen atoms in total. The summed E-state index contributed by atoms with van der Waals surface area (Å²) in [5, 5.41) is 6.19. The minimum Gasteiger partial charge on any atom is -0.476 e. The minimum atomic E-state index is -4.40. The lowest BCUT2D eigenvalue weighted by Crippen LogP contribution is -2.40. The maximum Gasteiger partial charge on any atom is 0.417 e. The van der Waals surface area contributed by atoms with Crippen molar-refractivity contribution in [1.82, 2.24) is 20.6 Å². The Labute approximate surface area is 149 Å². The van der Waals surface area contributed by atoms with E-state index in [-0.39, 0.29) is 12.5 Å². The van der Waals surface area contributed by atoms with Gasteiger partial charge in [-0.05, 0) is 18.2 Å². The molecule has 0 amide bonds. The lowest BCUT2D eigenvalue weighted by atomic mass is 10.3. The molecule has 0 aromatic carbocycles. The number of ether oxygens (including phenoxy) is 1. The highest BCUT2D eigenvalue weighted by molar-refractivity contribution is 5.79. The predicted octanol–water partition coefficient (Wildman–Crippen LogP) is 2.28. The van der Waals surface area contributed by atoms with E-state index < -0.39 is 11.7 Å². The molecule has 140 valence electrons. The third-order valence-electron chi connectivity index (χ3n) is 3.33. The van der Waals surface area contributed by atoms with E-state index in [1.165, 1.54) is 6.07 Å². The fourth-order valence-electron chi connectivity index (χ4n) is 2.03. The summed E-state index contributed by atoms with van der Waals surface area (Å²) in [5.74, 6) is 0.739. The van der Waals surface area contributed by atoms with Gasteiger partial charge in [-0.15, -0.1) is 0 Å². The fraction of sp³-hybridized carbons (Fsp3) is 0.353. The van der Waals surface area contributed by atoms with Crippen LogP contribution in [-0.2, 0) is 12.6 Å². The Morgan fingerprint density at radius 1 is 1.12 bits per heavy atom. The van der Waals surface area contributed by atoms with Crippen LogP contribution in [0.2, 0.25) is 0 Å². The van der Waals surface area contributed by atoms with Gasteiger partial charge in [-0.2, -0.15) is 13.2 Å². The molecule has 0 spiro atoms. The third kappa shape index (κ3) is 6.58. The van der Waals surface area contributed by atoms with Crippen LogP contribution in [-0.4, -0.2) is 42.7 Å². The summed E-state index contributed by atoms with van der Waals surface area (Å²) in [4.78, 5) is 12.0. The van der Waals surface area contributed by atoms with E-state index in [2.05, 4.69) is 25.6 Å². The van der Waals surface area contributed by atoms with Gasteiger partial charge in [0.1, 0.15) is 6.61 Å². The maximum atomic E-state index is 12.4. The molecule has 0 aliphatic rings. The Hall–Kier alpha value is -2.84. The number of guanidine groups is 1. The Morgan fingerprint density at radius 3 is 2.54 bits per heavy atom. The zero-order chi connectivity index (χ0) is 18.8. The number of halogens is 3. The zero-order valence-corrected chi connectivity index (χ0v) is 14.3. The summed E-state index contributed by atoms with van der Waals surface area (Å²) in [5.41, 5.74) is 0.174. The summed E-state index contributed by atoms with van der Waals surface area (Å²) in [6, 6.07) is 7.88. The van der Waals surface area contributed by atoms with Crippen LogP contribution in [0.15, 0.2) is 47.7 Å². The molecule has 0 saturated carbocycles. The van der Waals surface area contributed by atoms with Gasteiger partial charge >= 0.3 is 6.18 Å². The molecule has 0 saturated heterocycles. The summed E-state index contributed by atoms with van der Waals surface area (Å²) in [7, 11) is 1.65. The summed E-state index contributed by atoms with van der Waals surface area (Å²) < 4.78 is 42.7. The van der Waals surface area contributed by atoms with Gasteiger partial charge in [-0.3, -0.25) is 9.98 Å². The van der Waals surface area contributed by atoms with Crippen LogP contribution < -0.4 is 15.4 Å². The minimum absolute atomic E-state index is 0.137. The van der Waals surface area contributed by atoms with Gasteiger partial charge in [0, 0.05) is 44.2 Å². The number of aromatic nitrogens is 2. The normalized spacial score (nSPS) is 11.9. The number of hydrogen-bond acceptors (Lipinski definition) is 4. The SMILES string of the molecule is CN=C(NCCOc1ccc(C(F)(F)F)cn1)NCCc1ccccn1. The zero-order valence-electron chi connectivity index (χ0n) is 14.3. The average molecular weight is 367 g/mol. The van der Waals surface area contributed by atoms with Gasteiger partial charge in [-0.1, -0.05) is 6.07 Å². The molecule has 2 aromatic heterocycles. The van der Waals surface area contributed by atoms with Crippen molar-refractivity contribution >= 4 is 5.96 Å². The molecule has 0 fully saturated rings. The van der Waals surface area contributed by atoms with Gasteiger partial charge < -0.3 is 15.4 Å². The van der Waals surface area contributed by atoms with Crippen LogP contribution >= 0.6 is 0 Å². The molecule has 2 N–H and O–H groups in total. The lowest BCUT2D eigenvalue weighted by Gasteiger charge is -2.12. The van der Waals surface area contributed by atoms with Crippen LogP contribution in [0.25, 0.3) is 0 Å². The lowest BCUT2D eigenvalue weighted by molar-refractivity contribution is -0.137. The van der Waals surface area contributed by atoms with Crippen LogP contribution in [0.4, 0.5) is 13.2 Å². The molecule has 26 heavy (non-hydrogen) atoms. The van der Waals surface area contributed by atoms with Crippen molar-refractivity contribution in [2.45, 2.75) is 12.6 Å². The van der Waals surface area contributed by atoms with E-state index in [0.717, 1.165) is 24.4 Å². The fourth-order valence-corrected chi connectivity index (χ4v) is 2.03. The van der Waals surface area contributed by atoms with E-state index in [0.29, 0.717) is 19.0 Å². The summed E-state index contributed by atoms with van der Waals surface area (Å²) in [6.45, 7) is 1.32. The van der Waals surface area contributed by atoms with Gasteiger partial charge in [-0.25, -0.2) is 4.98 Å². The van der Waals surface area contributed by atoms with E-state index in [1.54, 1.807) is 13.2 Å². The maximum absolute atomic E-state index is 12.4. The van der Waals surface area contributed by atoms with Crippen molar-refractivity contribution in [3.05, 3.63) is 54.0 Å². The number of hydrogen-bond donors (Lipinski definition) is 2. The summed E-state index contributed by atoms with van der Waals surface area (Å²) in [6.07, 6.45) is -1.15. The van der Waals surface area contributed by atoms with Crippen molar-refractivity contribution in [1.29, 1.82) is 0 Å². The molecule has 0 unspecified atom stereocenters. The second kappa shape index (κ2) is 9.59. The standard InChI is InChI=1S/C17H20F3N5O/c1-21-16(23-9-7-14-4-2-3-8-22-14)24-10-11-26-15-6-5-13(12-25-15)17(18,19)20/h2-6,8,12H,7,9-11H2,1H3,(H2,21,23,24). The van der Waals surface area contributed by atoms with Gasteiger partial charge in [0.15, 0.2) is 5.96 Å². The first-order valence-corrected chi connectivity index (χ1v) is 7.99. The number of aliphatic imine (C=N–C) groups is 1. The Balaban J connectivity index is 1.66. The van der Waals surface area contributed by atoms with Crippen molar-refractivity contribution in [3.63, 3.8) is 0 Å². The number of alkyl halides is 3. The predicted molar refractivity (Wildman–Crippen MR) is 92.0 cm³/mol. The van der Waals surface area contributed by atoms with Gasteiger partial charge in [0.2, 0.25) is 5.88 Å². The molecule has 0 bridgehead atoms. The van der Waals surface area contributed by atoms with Crippen LogP contribution in [0.5, 0.6) is 5.88 Å². The second-order valence-electron chi connectivity index (χ2n) is 5.23. The highest BCUT2D eigenvalue weighted by Gasteiger charge is 2.30. The summed E-state index contributed by atoms with van der Waals surface area (Å²) >= 11 is 0. The molecule has 9 heteroatoms. The first kappa shape index (κ1) is 19.5. The molecule has 0 radical (unpaired) electrons. The molecule has 0 atom stereocenters. The topological polar surface area (TPSA) is 71.4 Å². The smallest absolute Gasteiger partial charge is 0.417 e.